The van der Waals surface area contributed by atoms with Crippen LogP contribution in [0, 0.1) is 0 Å². The summed E-state index contributed by atoms with van der Waals surface area (Å²) in [5.74, 6) is -0.522. The molecule has 1 amide bonds. The lowest BCUT2D eigenvalue weighted by molar-refractivity contribution is -0.257. The van der Waals surface area contributed by atoms with Crippen LogP contribution in [-0.2, 0) is 14.2 Å². The molecule has 8 nitrogen and oxygen atoms in total. The summed E-state index contributed by atoms with van der Waals surface area (Å²) >= 11 is 3.41. The Hall–Kier alpha value is -1.97. The molecule has 29 heavy (non-hydrogen) atoms. The molecule has 4 rings (SSSR count). The molecule has 1 N–H and O–H groups in total. The van der Waals surface area contributed by atoms with Gasteiger partial charge in [0.15, 0.2) is 5.79 Å². The topological polar surface area (TPSA) is 93.8 Å². The van der Waals surface area contributed by atoms with Crippen LogP contribution in [0.2, 0.25) is 0 Å². The molecule has 0 saturated carbocycles. The molecule has 2 saturated heterocycles. The maximum Gasteiger partial charge on any atom is 0.411 e. The molecular weight excluding hydrogens is 442 g/mol. The number of likely N-dealkylation sites (tertiary alicyclic amines) is 1. The first kappa shape index (κ1) is 20.3. The van der Waals surface area contributed by atoms with E-state index in [0.29, 0.717) is 36.4 Å². The maximum absolute atomic E-state index is 12.9. The average Bonchev–Trinajstić information content (AvgIpc) is 2.99. The van der Waals surface area contributed by atoms with Crippen molar-refractivity contribution >= 4 is 32.9 Å². The number of halogens is 1. The van der Waals surface area contributed by atoms with Crippen molar-refractivity contribution < 1.29 is 19.0 Å². The summed E-state index contributed by atoms with van der Waals surface area (Å²) in [6, 6.07) is 4.76. The van der Waals surface area contributed by atoms with E-state index in [1.165, 1.54) is 0 Å². The fourth-order valence-electron chi connectivity index (χ4n) is 3.71. The molecule has 0 aliphatic carbocycles. The number of nitrogens with zero attached hydrogens (tertiary/aromatic N) is 2. The molecule has 0 unspecified atom stereocenters. The average molecular weight is 466 g/mol. The van der Waals surface area contributed by atoms with Crippen molar-refractivity contribution in [3.05, 3.63) is 38.9 Å². The van der Waals surface area contributed by atoms with Gasteiger partial charge in [0.05, 0.1) is 36.7 Å². The number of H-pyrrole nitrogens is 1. The van der Waals surface area contributed by atoms with Crippen molar-refractivity contribution in [1.29, 1.82) is 0 Å². The number of ether oxygens (including phenoxy) is 3. The van der Waals surface area contributed by atoms with E-state index in [4.69, 9.17) is 14.2 Å². The number of fused-ring (bicyclic) bond motifs is 1. The van der Waals surface area contributed by atoms with Gasteiger partial charge >= 0.3 is 6.09 Å². The molecule has 3 heterocycles. The van der Waals surface area contributed by atoms with Crippen molar-refractivity contribution in [2.75, 3.05) is 19.8 Å². The molecule has 2 fully saturated rings. The number of aromatic amines is 1. The summed E-state index contributed by atoms with van der Waals surface area (Å²) in [5.41, 5.74) is -0.359. The Kier molecular flexibility index (Phi) is 5.16. The standard InChI is InChI=1S/C20H24BrN3O5/c1-19(2,3)29-18(26)24-11-20(27-7-4-8-28-20)10-15(24)16-22-14-9-12(21)5-6-13(14)17(25)23-16/h5-6,9,15H,4,7-8,10-11H2,1-3H3,(H,22,23,25)/t15-/m0/s1. The highest BCUT2D eigenvalue weighted by molar-refractivity contribution is 9.10. The van der Waals surface area contributed by atoms with Crippen molar-refractivity contribution in [2.45, 2.75) is 51.0 Å². The Morgan fingerprint density at radius 1 is 1.34 bits per heavy atom. The Morgan fingerprint density at radius 2 is 2.07 bits per heavy atom. The fraction of sp³-hybridized carbons (Fsp3) is 0.550. The van der Waals surface area contributed by atoms with Crippen LogP contribution >= 0.6 is 15.9 Å². The summed E-state index contributed by atoms with van der Waals surface area (Å²) in [7, 11) is 0. The molecule has 2 aliphatic heterocycles. The van der Waals surface area contributed by atoms with Crippen molar-refractivity contribution in [3.63, 3.8) is 0 Å². The number of hydrogen-bond donors (Lipinski definition) is 1. The molecule has 9 heteroatoms. The maximum atomic E-state index is 12.9. The molecule has 1 aromatic carbocycles. The molecule has 0 bridgehead atoms. The first-order valence-electron chi connectivity index (χ1n) is 9.63. The van der Waals surface area contributed by atoms with Gasteiger partial charge in [-0.25, -0.2) is 9.78 Å². The van der Waals surface area contributed by atoms with Crippen LogP contribution in [0.4, 0.5) is 4.79 Å². The van der Waals surface area contributed by atoms with Gasteiger partial charge in [-0.2, -0.15) is 0 Å². The van der Waals surface area contributed by atoms with Gasteiger partial charge in [0, 0.05) is 10.9 Å². The predicted molar refractivity (Wildman–Crippen MR) is 110 cm³/mol. The zero-order chi connectivity index (χ0) is 20.8. The van der Waals surface area contributed by atoms with Gasteiger partial charge < -0.3 is 19.2 Å². The summed E-state index contributed by atoms with van der Waals surface area (Å²) in [6.07, 6.45) is 0.682. The molecule has 0 radical (unpaired) electrons. The normalized spacial score (nSPS) is 21.7. The van der Waals surface area contributed by atoms with Crippen molar-refractivity contribution in [3.8, 4) is 0 Å². The highest BCUT2D eigenvalue weighted by Crippen LogP contribution is 2.41. The Balaban J connectivity index is 1.75. The second-order valence-electron chi connectivity index (χ2n) is 8.40. The van der Waals surface area contributed by atoms with E-state index in [1.54, 1.807) is 23.1 Å². The van der Waals surface area contributed by atoms with Gasteiger partial charge in [-0.15, -0.1) is 0 Å². The Labute approximate surface area is 176 Å². The van der Waals surface area contributed by atoms with Gasteiger partial charge in [-0.1, -0.05) is 15.9 Å². The predicted octanol–water partition coefficient (Wildman–Crippen LogP) is 3.50. The summed E-state index contributed by atoms with van der Waals surface area (Å²) in [5, 5.41) is 0.485. The quantitative estimate of drug-likeness (QED) is 0.692. The number of rotatable bonds is 1. The van der Waals surface area contributed by atoms with Gasteiger partial charge in [-0.05, 0) is 45.4 Å². The first-order valence-corrected chi connectivity index (χ1v) is 10.4. The Bertz CT molecular complexity index is 994. The number of amides is 1. The van der Waals surface area contributed by atoms with Crippen molar-refractivity contribution in [1.82, 2.24) is 14.9 Å². The van der Waals surface area contributed by atoms with Gasteiger partial charge in [0.1, 0.15) is 11.4 Å². The third-order valence-electron chi connectivity index (χ3n) is 4.94. The Morgan fingerprint density at radius 3 is 2.76 bits per heavy atom. The number of benzene rings is 1. The third-order valence-corrected chi connectivity index (χ3v) is 5.43. The largest absolute Gasteiger partial charge is 0.444 e. The monoisotopic (exact) mass is 465 g/mol. The van der Waals surface area contributed by atoms with E-state index >= 15 is 0 Å². The van der Waals surface area contributed by atoms with E-state index in [-0.39, 0.29) is 12.1 Å². The lowest BCUT2D eigenvalue weighted by atomic mass is 10.1. The van der Waals surface area contributed by atoms with Crippen LogP contribution in [0.1, 0.15) is 45.5 Å². The summed E-state index contributed by atoms with van der Waals surface area (Å²) in [4.78, 5) is 34.6. The number of hydrogen-bond acceptors (Lipinski definition) is 6. The van der Waals surface area contributed by atoms with E-state index in [9.17, 15) is 9.59 Å². The van der Waals surface area contributed by atoms with Crippen LogP contribution in [0.15, 0.2) is 27.5 Å². The smallest absolute Gasteiger partial charge is 0.411 e. The van der Waals surface area contributed by atoms with Crippen molar-refractivity contribution in [2.24, 2.45) is 0 Å². The second-order valence-corrected chi connectivity index (χ2v) is 9.32. The number of aromatic nitrogens is 2. The highest BCUT2D eigenvalue weighted by atomic mass is 79.9. The first-order chi connectivity index (χ1) is 13.7. The molecule has 1 spiro atoms. The van der Waals surface area contributed by atoms with E-state index < -0.39 is 23.5 Å². The van der Waals surface area contributed by atoms with Gasteiger partial charge in [0.2, 0.25) is 0 Å². The zero-order valence-electron chi connectivity index (χ0n) is 16.7. The molecule has 2 aliphatic rings. The van der Waals surface area contributed by atoms with Crippen LogP contribution in [-0.4, -0.2) is 52.1 Å². The van der Waals surface area contributed by atoms with E-state index in [0.717, 1.165) is 10.9 Å². The fourth-order valence-corrected chi connectivity index (χ4v) is 4.06. The summed E-state index contributed by atoms with van der Waals surface area (Å²) < 4.78 is 18.3. The van der Waals surface area contributed by atoms with Crippen LogP contribution in [0.3, 0.4) is 0 Å². The number of carbonyl (C=O) groups excluding carboxylic acids is 1. The van der Waals surface area contributed by atoms with Crippen LogP contribution in [0.25, 0.3) is 10.9 Å². The molecule has 156 valence electrons. The zero-order valence-corrected chi connectivity index (χ0v) is 18.2. The molecular formula is C20H24BrN3O5. The summed E-state index contributed by atoms with van der Waals surface area (Å²) in [6.45, 7) is 6.77. The lowest BCUT2D eigenvalue weighted by Gasteiger charge is -2.33. The van der Waals surface area contributed by atoms with Gasteiger partial charge in [0.25, 0.3) is 5.56 Å². The molecule has 1 aromatic heterocycles. The number of nitrogens with one attached hydrogen (secondary N) is 1. The highest BCUT2D eigenvalue weighted by Gasteiger charge is 2.51. The van der Waals surface area contributed by atoms with Gasteiger partial charge in [-0.3, -0.25) is 9.69 Å². The van der Waals surface area contributed by atoms with Crippen LogP contribution in [0.5, 0.6) is 0 Å². The number of carbonyl (C=O) groups is 1. The van der Waals surface area contributed by atoms with E-state index in [1.807, 2.05) is 20.8 Å². The molecule has 1 atom stereocenters. The second kappa shape index (κ2) is 7.37. The minimum Gasteiger partial charge on any atom is -0.444 e. The molecule has 2 aromatic rings. The van der Waals surface area contributed by atoms with E-state index in [2.05, 4.69) is 25.9 Å². The minimum absolute atomic E-state index is 0.215. The lowest BCUT2D eigenvalue weighted by Crippen LogP contribution is -2.45. The SMILES string of the molecule is CC(C)(C)OC(=O)N1CC2(C[C@H]1c1nc3cc(Br)ccc3c(=O)[nH]1)OCCCO2. The minimum atomic E-state index is -0.912. The van der Waals surface area contributed by atoms with Crippen LogP contribution < -0.4 is 5.56 Å². The third kappa shape index (κ3) is 4.17.